The fraction of sp³-hybridized carbons (Fsp3) is 0.471. The number of hydrogen-bond donors (Lipinski definition) is 0. The minimum absolute atomic E-state index is 0.0680. The van der Waals surface area contributed by atoms with E-state index in [1.54, 1.807) is 12.3 Å². The Bertz CT molecular complexity index is 728. The van der Waals surface area contributed by atoms with Gasteiger partial charge in [-0.2, -0.15) is 0 Å². The molecule has 24 heavy (non-hydrogen) atoms. The van der Waals surface area contributed by atoms with Crippen molar-refractivity contribution in [2.75, 3.05) is 18.8 Å². The van der Waals surface area contributed by atoms with E-state index in [2.05, 4.69) is 10.1 Å². The highest BCUT2D eigenvalue weighted by Crippen LogP contribution is 2.46. The molecule has 0 aromatic carbocycles. The van der Waals surface area contributed by atoms with Crippen LogP contribution in [-0.4, -0.2) is 50.6 Å². The lowest BCUT2D eigenvalue weighted by molar-refractivity contribution is 0.0239. The highest BCUT2D eigenvalue weighted by atomic mass is 32.2. The van der Waals surface area contributed by atoms with Crippen LogP contribution < -0.4 is 0 Å². The van der Waals surface area contributed by atoms with E-state index < -0.39 is 0 Å². The fourth-order valence-corrected chi connectivity index (χ4v) is 4.79. The number of nitrogens with zero attached hydrogens (tertiary/aromatic N) is 3. The molecule has 7 heteroatoms. The standard InChI is InChI=1S/C17H19N3O3S/c1-12-5-15(23-19-12)16(21)20-10-17(11-20)6-14(9-24-17)22-8-13-3-2-4-18-7-13/h2-5,7,14H,6,8-11H2,1H3/t14-/m0/s1. The van der Waals surface area contributed by atoms with Crippen LogP contribution in [0.3, 0.4) is 0 Å². The Morgan fingerprint density at radius 3 is 3.12 bits per heavy atom. The van der Waals surface area contributed by atoms with Crippen LogP contribution in [0.15, 0.2) is 35.1 Å². The molecule has 4 heterocycles. The highest BCUT2D eigenvalue weighted by molar-refractivity contribution is 8.01. The van der Waals surface area contributed by atoms with Crippen molar-refractivity contribution >= 4 is 17.7 Å². The van der Waals surface area contributed by atoms with Gasteiger partial charge in [0.1, 0.15) is 0 Å². The number of thioether (sulfide) groups is 1. The van der Waals surface area contributed by atoms with Crippen LogP contribution in [0.25, 0.3) is 0 Å². The van der Waals surface area contributed by atoms with Crippen LogP contribution in [0.5, 0.6) is 0 Å². The molecular weight excluding hydrogens is 326 g/mol. The van der Waals surface area contributed by atoms with Gasteiger partial charge in [0.2, 0.25) is 5.76 Å². The average molecular weight is 345 g/mol. The number of carbonyl (C=O) groups excluding carboxylic acids is 1. The van der Waals surface area contributed by atoms with Gasteiger partial charge >= 0.3 is 0 Å². The predicted molar refractivity (Wildman–Crippen MR) is 89.8 cm³/mol. The van der Waals surface area contributed by atoms with Crippen LogP contribution in [0.4, 0.5) is 0 Å². The Balaban J connectivity index is 1.28. The zero-order valence-electron chi connectivity index (χ0n) is 13.5. The Morgan fingerprint density at radius 1 is 1.54 bits per heavy atom. The summed E-state index contributed by atoms with van der Waals surface area (Å²) in [4.78, 5) is 18.2. The van der Waals surface area contributed by atoms with Gasteiger partial charge in [0.25, 0.3) is 5.91 Å². The summed E-state index contributed by atoms with van der Waals surface area (Å²) in [6.45, 7) is 3.91. The van der Waals surface area contributed by atoms with Crippen LogP contribution >= 0.6 is 11.8 Å². The zero-order valence-corrected chi connectivity index (χ0v) is 14.3. The molecule has 1 spiro atoms. The molecule has 0 aliphatic carbocycles. The van der Waals surface area contributed by atoms with Crippen molar-refractivity contribution in [3.8, 4) is 0 Å². The normalized spacial score (nSPS) is 21.9. The molecule has 2 saturated heterocycles. The van der Waals surface area contributed by atoms with Crippen LogP contribution in [0.1, 0.15) is 28.2 Å². The molecule has 0 radical (unpaired) electrons. The minimum atomic E-state index is -0.0680. The molecule has 0 N–H and O–H groups in total. The van der Waals surface area contributed by atoms with Crippen LogP contribution in [-0.2, 0) is 11.3 Å². The molecule has 0 bridgehead atoms. The first-order valence-electron chi connectivity index (χ1n) is 8.01. The number of ether oxygens (including phenoxy) is 1. The van der Waals surface area contributed by atoms with E-state index in [1.807, 2.05) is 41.9 Å². The third kappa shape index (κ3) is 3.06. The minimum Gasteiger partial charge on any atom is -0.373 e. The molecular formula is C17H19N3O3S. The molecule has 2 fully saturated rings. The molecule has 2 aliphatic heterocycles. The average Bonchev–Trinajstić information content (AvgIpc) is 3.18. The van der Waals surface area contributed by atoms with Gasteiger partial charge in [-0.25, -0.2) is 0 Å². The number of pyridine rings is 1. The van der Waals surface area contributed by atoms with Gasteiger partial charge in [0, 0.05) is 37.3 Å². The largest absolute Gasteiger partial charge is 0.373 e. The van der Waals surface area contributed by atoms with Crippen molar-refractivity contribution in [2.45, 2.75) is 30.8 Å². The summed E-state index contributed by atoms with van der Waals surface area (Å²) in [5.41, 5.74) is 1.82. The summed E-state index contributed by atoms with van der Waals surface area (Å²) < 4.78 is 11.2. The second kappa shape index (κ2) is 6.22. The van der Waals surface area contributed by atoms with E-state index in [0.29, 0.717) is 12.4 Å². The topological polar surface area (TPSA) is 68.5 Å². The summed E-state index contributed by atoms with van der Waals surface area (Å²) in [6, 6.07) is 5.63. The van der Waals surface area contributed by atoms with Gasteiger partial charge in [-0.1, -0.05) is 11.2 Å². The number of rotatable bonds is 4. The predicted octanol–water partition coefficient (Wildman–Crippen LogP) is 2.29. The Morgan fingerprint density at radius 2 is 2.42 bits per heavy atom. The number of aryl methyl sites for hydroxylation is 1. The lowest BCUT2D eigenvalue weighted by Crippen LogP contribution is -2.60. The second-order valence-corrected chi connectivity index (χ2v) is 7.97. The lowest BCUT2D eigenvalue weighted by atomic mass is 9.92. The molecule has 2 aliphatic rings. The SMILES string of the molecule is Cc1cc(C(=O)N2CC3(C[C@H](OCc4cccnc4)CS3)C2)on1. The summed E-state index contributed by atoms with van der Waals surface area (Å²) in [5, 5.41) is 3.78. The Labute approximate surface area is 144 Å². The fourth-order valence-electron chi connectivity index (χ4n) is 3.24. The maximum atomic E-state index is 12.3. The third-order valence-corrected chi connectivity index (χ3v) is 6.04. The van der Waals surface area contributed by atoms with Crippen LogP contribution in [0, 0.1) is 6.92 Å². The smallest absolute Gasteiger partial charge is 0.292 e. The Kier molecular flexibility index (Phi) is 4.05. The molecule has 2 aromatic heterocycles. The highest BCUT2D eigenvalue weighted by Gasteiger charge is 2.51. The first-order chi connectivity index (χ1) is 11.6. The van der Waals surface area contributed by atoms with E-state index in [9.17, 15) is 4.79 Å². The molecule has 126 valence electrons. The van der Waals surface area contributed by atoms with E-state index in [0.717, 1.165) is 36.5 Å². The second-order valence-electron chi connectivity index (χ2n) is 6.49. The van der Waals surface area contributed by atoms with Gasteiger partial charge in [-0.15, -0.1) is 11.8 Å². The maximum absolute atomic E-state index is 12.3. The molecule has 0 saturated carbocycles. The Hall–Kier alpha value is -1.86. The quantitative estimate of drug-likeness (QED) is 0.847. The van der Waals surface area contributed by atoms with Crippen molar-refractivity contribution in [3.63, 3.8) is 0 Å². The van der Waals surface area contributed by atoms with Crippen LogP contribution in [0.2, 0.25) is 0 Å². The first kappa shape index (κ1) is 15.7. The number of amides is 1. The van der Waals surface area contributed by atoms with Crippen molar-refractivity contribution in [1.82, 2.24) is 15.0 Å². The van der Waals surface area contributed by atoms with Gasteiger partial charge in [-0.3, -0.25) is 9.78 Å². The third-order valence-electron chi connectivity index (χ3n) is 4.47. The van der Waals surface area contributed by atoms with Gasteiger partial charge in [0.05, 0.1) is 23.2 Å². The maximum Gasteiger partial charge on any atom is 0.292 e. The number of likely N-dealkylation sites (tertiary alicyclic amines) is 1. The van der Waals surface area contributed by atoms with E-state index in [1.165, 1.54) is 0 Å². The summed E-state index contributed by atoms with van der Waals surface area (Å²) >= 11 is 1.92. The first-order valence-corrected chi connectivity index (χ1v) is 8.99. The van der Waals surface area contributed by atoms with Crippen molar-refractivity contribution in [1.29, 1.82) is 0 Å². The number of carbonyl (C=O) groups is 1. The molecule has 0 unspecified atom stereocenters. The van der Waals surface area contributed by atoms with Crippen molar-refractivity contribution in [2.24, 2.45) is 0 Å². The van der Waals surface area contributed by atoms with Crippen molar-refractivity contribution in [3.05, 3.63) is 47.6 Å². The number of hydrogen-bond acceptors (Lipinski definition) is 6. The lowest BCUT2D eigenvalue weighted by Gasteiger charge is -2.47. The molecule has 4 rings (SSSR count). The van der Waals surface area contributed by atoms with E-state index in [4.69, 9.17) is 9.26 Å². The summed E-state index contributed by atoms with van der Waals surface area (Å²) in [6.07, 6.45) is 4.82. The zero-order chi connectivity index (χ0) is 16.6. The molecule has 1 amide bonds. The number of aromatic nitrogens is 2. The molecule has 6 nitrogen and oxygen atoms in total. The summed E-state index contributed by atoms with van der Waals surface area (Å²) in [7, 11) is 0. The monoisotopic (exact) mass is 345 g/mol. The molecule has 2 aromatic rings. The van der Waals surface area contributed by atoms with Crippen molar-refractivity contribution < 1.29 is 14.1 Å². The van der Waals surface area contributed by atoms with E-state index >= 15 is 0 Å². The summed E-state index contributed by atoms with van der Waals surface area (Å²) in [5.74, 6) is 1.24. The van der Waals surface area contributed by atoms with Gasteiger partial charge in [0.15, 0.2) is 0 Å². The van der Waals surface area contributed by atoms with Gasteiger partial charge in [-0.05, 0) is 25.0 Å². The van der Waals surface area contributed by atoms with E-state index in [-0.39, 0.29) is 16.8 Å². The van der Waals surface area contributed by atoms with Gasteiger partial charge < -0.3 is 14.2 Å². The molecule has 1 atom stereocenters.